The van der Waals surface area contributed by atoms with Crippen molar-refractivity contribution in [1.82, 2.24) is 9.97 Å². The van der Waals surface area contributed by atoms with Gasteiger partial charge in [0.1, 0.15) is 16.8 Å². The third kappa shape index (κ3) is 4.90. The molecule has 0 fully saturated rings. The SMILES string of the molecule is CCCCCNc1cc(Cl)nc(C(C)(C)C)n1. The first-order chi connectivity index (χ1) is 7.93. The number of anilines is 1. The van der Waals surface area contributed by atoms with Crippen LogP contribution in [0.1, 0.15) is 52.8 Å². The van der Waals surface area contributed by atoms with Gasteiger partial charge in [0.05, 0.1) is 0 Å². The van der Waals surface area contributed by atoms with Crippen LogP contribution in [0.15, 0.2) is 6.07 Å². The minimum Gasteiger partial charge on any atom is -0.370 e. The number of nitrogens with zero attached hydrogens (tertiary/aromatic N) is 2. The van der Waals surface area contributed by atoms with Crippen LogP contribution in [-0.2, 0) is 5.41 Å². The fourth-order valence-corrected chi connectivity index (χ4v) is 1.62. The molecule has 0 spiro atoms. The molecule has 0 atom stereocenters. The van der Waals surface area contributed by atoms with E-state index in [2.05, 4.69) is 43.0 Å². The molecule has 1 heterocycles. The van der Waals surface area contributed by atoms with E-state index in [0.29, 0.717) is 5.15 Å². The summed E-state index contributed by atoms with van der Waals surface area (Å²) in [5.41, 5.74) is -0.0786. The third-order valence-corrected chi connectivity index (χ3v) is 2.65. The summed E-state index contributed by atoms with van der Waals surface area (Å²) in [6.07, 6.45) is 3.61. The van der Waals surface area contributed by atoms with Gasteiger partial charge in [-0.05, 0) is 6.42 Å². The van der Waals surface area contributed by atoms with Gasteiger partial charge in [0, 0.05) is 18.0 Å². The summed E-state index contributed by atoms with van der Waals surface area (Å²) < 4.78 is 0. The molecule has 1 N–H and O–H groups in total. The molecule has 0 aliphatic heterocycles. The Morgan fingerprint density at radius 3 is 2.53 bits per heavy atom. The molecule has 17 heavy (non-hydrogen) atoms. The van der Waals surface area contributed by atoms with E-state index < -0.39 is 0 Å². The Labute approximate surface area is 109 Å². The van der Waals surface area contributed by atoms with Crippen LogP contribution in [0, 0.1) is 0 Å². The summed E-state index contributed by atoms with van der Waals surface area (Å²) in [5, 5.41) is 3.80. The zero-order valence-electron chi connectivity index (χ0n) is 11.2. The Kier molecular flexibility index (Phi) is 5.19. The van der Waals surface area contributed by atoms with Gasteiger partial charge in [0.25, 0.3) is 0 Å². The highest BCUT2D eigenvalue weighted by Gasteiger charge is 2.18. The molecule has 0 aliphatic rings. The van der Waals surface area contributed by atoms with Gasteiger partial charge in [-0.15, -0.1) is 0 Å². The van der Waals surface area contributed by atoms with Crippen LogP contribution < -0.4 is 5.32 Å². The average molecular weight is 256 g/mol. The fourth-order valence-electron chi connectivity index (χ4n) is 1.44. The molecular weight excluding hydrogens is 234 g/mol. The monoisotopic (exact) mass is 255 g/mol. The summed E-state index contributed by atoms with van der Waals surface area (Å²) in [4.78, 5) is 8.76. The predicted octanol–water partition coefficient (Wildman–Crippen LogP) is 4.03. The second-order valence-electron chi connectivity index (χ2n) is 5.28. The quantitative estimate of drug-likeness (QED) is 0.638. The van der Waals surface area contributed by atoms with Crippen LogP contribution in [-0.4, -0.2) is 16.5 Å². The number of unbranched alkanes of at least 4 members (excludes halogenated alkanes) is 2. The van der Waals surface area contributed by atoms with E-state index in [1.165, 1.54) is 12.8 Å². The van der Waals surface area contributed by atoms with E-state index in [9.17, 15) is 0 Å². The Bertz CT molecular complexity index is 358. The van der Waals surface area contributed by atoms with Crippen LogP contribution in [0.2, 0.25) is 5.15 Å². The summed E-state index contributed by atoms with van der Waals surface area (Å²) in [6, 6.07) is 1.78. The van der Waals surface area contributed by atoms with Crippen LogP contribution in [0.3, 0.4) is 0 Å². The van der Waals surface area contributed by atoms with Crippen molar-refractivity contribution >= 4 is 17.4 Å². The number of nitrogens with one attached hydrogen (secondary N) is 1. The molecule has 0 radical (unpaired) electrons. The van der Waals surface area contributed by atoms with Crippen molar-refractivity contribution in [3.63, 3.8) is 0 Å². The molecular formula is C13H22ClN3. The van der Waals surface area contributed by atoms with Crippen molar-refractivity contribution in [2.45, 2.75) is 52.4 Å². The topological polar surface area (TPSA) is 37.8 Å². The number of rotatable bonds is 5. The number of hydrogen-bond acceptors (Lipinski definition) is 3. The Balaban J connectivity index is 2.69. The highest BCUT2D eigenvalue weighted by atomic mass is 35.5. The highest BCUT2D eigenvalue weighted by molar-refractivity contribution is 6.29. The lowest BCUT2D eigenvalue weighted by Gasteiger charge is -2.17. The second kappa shape index (κ2) is 6.20. The normalized spacial score (nSPS) is 11.6. The van der Waals surface area contributed by atoms with Crippen molar-refractivity contribution in [3.8, 4) is 0 Å². The van der Waals surface area contributed by atoms with Gasteiger partial charge in [0.15, 0.2) is 0 Å². The zero-order valence-corrected chi connectivity index (χ0v) is 11.9. The molecule has 0 unspecified atom stereocenters. The van der Waals surface area contributed by atoms with E-state index in [1.54, 1.807) is 6.07 Å². The number of aromatic nitrogens is 2. The summed E-state index contributed by atoms with van der Waals surface area (Å²) >= 11 is 6.01. The van der Waals surface area contributed by atoms with E-state index in [-0.39, 0.29) is 5.41 Å². The summed E-state index contributed by atoms with van der Waals surface area (Å²) in [6.45, 7) is 9.38. The largest absolute Gasteiger partial charge is 0.370 e. The molecule has 1 aromatic heterocycles. The molecule has 1 rings (SSSR count). The van der Waals surface area contributed by atoms with Crippen LogP contribution in [0.5, 0.6) is 0 Å². The van der Waals surface area contributed by atoms with Gasteiger partial charge in [-0.2, -0.15) is 0 Å². The first kappa shape index (κ1) is 14.2. The molecule has 0 saturated heterocycles. The lowest BCUT2D eigenvalue weighted by atomic mass is 9.96. The number of hydrogen-bond donors (Lipinski definition) is 1. The van der Waals surface area contributed by atoms with Gasteiger partial charge in [-0.25, -0.2) is 9.97 Å². The predicted molar refractivity (Wildman–Crippen MR) is 73.8 cm³/mol. The Morgan fingerprint density at radius 1 is 1.24 bits per heavy atom. The third-order valence-electron chi connectivity index (χ3n) is 2.45. The molecule has 0 aromatic carbocycles. The van der Waals surface area contributed by atoms with Crippen molar-refractivity contribution in [2.75, 3.05) is 11.9 Å². The maximum absolute atomic E-state index is 6.01. The van der Waals surface area contributed by atoms with Gasteiger partial charge in [-0.1, -0.05) is 52.1 Å². The van der Waals surface area contributed by atoms with E-state index in [1.807, 2.05) is 0 Å². The van der Waals surface area contributed by atoms with Gasteiger partial charge >= 0.3 is 0 Å². The van der Waals surface area contributed by atoms with Gasteiger partial charge < -0.3 is 5.32 Å². The van der Waals surface area contributed by atoms with Crippen LogP contribution in [0.4, 0.5) is 5.82 Å². The first-order valence-corrected chi connectivity index (χ1v) is 6.60. The van der Waals surface area contributed by atoms with Crippen molar-refractivity contribution in [2.24, 2.45) is 0 Å². The van der Waals surface area contributed by atoms with Crippen molar-refractivity contribution in [3.05, 3.63) is 17.0 Å². The van der Waals surface area contributed by atoms with Crippen molar-refractivity contribution < 1.29 is 0 Å². The summed E-state index contributed by atoms with van der Waals surface area (Å²) in [5.74, 6) is 1.61. The molecule has 0 saturated carbocycles. The molecule has 1 aromatic rings. The maximum Gasteiger partial charge on any atom is 0.137 e. The maximum atomic E-state index is 6.01. The van der Waals surface area contributed by atoms with Crippen LogP contribution >= 0.6 is 11.6 Å². The van der Waals surface area contributed by atoms with E-state index in [4.69, 9.17) is 11.6 Å². The van der Waals surface area contributed by atoms with Gasteiger partial charge in [0.2, 0.25) is 0 Å². The fraction of sp³-hybridized carbons (Fsp3) is 0.692. The zero-order chi connectivity index (χ0) is 12.9. The molecule has 3 nitrogen and oxygen atoms in total. The van der Waals surface area contributed by atoms with E-state index >= 15 is 0 Å². The molecule has 0 amide bonds. The lowest BCUT2D eigenvalue weighted by Crippen LogP contribution is -2.17. The highest BCUT2D eigenvalue weighted by Crippen LogP contribution is 2.22. The second-order valence-corrected chi connectivity index (χ2v) is 5.67. The Morgan fingerprint density at radius 2 is 1.94 bits per heavy atom. The average Bonchev–Trinajstić information content (AvgIpc) is 2.22. The molecule has 0 bridgehead atoms. The standard InChI is InChI=1S/C13H22ClN3/c1-5-6-7-8-15-11-9-10(14)16-12(17-11)13(2,3)4/h9H,5-8H2,1-4H3,(H,15,16,17). The Hall–Kier alpha value is -0.830. The first-order valence-electron chi connectivity index (χ1n) is 6.22. The molecule has 4 heteroatoms. The molecule has 0 aliphatic carbocycles. The number of halogens is 1. The van der Waals surface area contributed by atoms with Crippen molar-refractivity contribution in [1.29, 1.82) is 0 Å². The smallest absolute Gasteiger partial charge is 0.137 e. The van der Waals surface area contributed by atoms with Gasteiger partial charge in [-0.3, -0.25) is 0 Å². The van der Waals surface area contributed by atoms with E-state index in [0.717, 1.165) is 24.6 Å². The summed E-state index contributed by atoms with van der Waals surface area (Å²) in [7, 11) is 0. The minimum atomic E-state index is -0.0786. The molecule has 96 valence electrons. The minimum absolute atomic E-state index is 0.0786. The lowest BCUT2D eigenvalue weighted by molar-refractivity contribution is 0.546. The van der Waals surface area contributed by atoms with Crippen LogP contribution in [0.25, 0.3) is 0 Å².